The van der Waals surface area contributed by atoms with Gasteiger partial charge in [0.25, 0.3) is 5.91 Å². The van der Waals surface area contributed by atoms with Gasteiger partial charge in [-0.15, -0.1) is 0 Å². The Morgan fingerprint density at radius 3 is 2.48 bits per heavy atom. The van der Waals surface area contributed by atoms with Gasteiger partial charge in [-0.05, 0) is 30.3 Å². The summed E-state index contributed by atoms with van der Waals surface area (Å²) in [5.74, 6) is 0.0992. The highest BCUT2D eigenvalue weighted by Gasteiger charge is 2.18. The molecule has 1 aromatic heterocycles. The Kier molecular flexibility index (Phi) is 5.51. The fourth-order valence-corrected chi connectivity index (χ4v) is 2.56. The molecule has 0 bridgehead atoms. The van der Waals surface area contributed by atoms with Gasteiger partial charge >= 0.3 is 0 Å². The molecule has 2 amide bonds. The number of nitrogens with one attached hydrogen (secondary N) is 2. The molecule has 3 aromatic rings. The molecule has 2 N–H and O–H groups in total. The van der Waals surface area contributed by atoms with Crippen molar-refractivity contribution in [3.05, 3.63) is 66.4 Å². The number of carbonyl (C=O) groups is 2. The number of rotatable bonds is 6. The highest BCUT2D eigenvalue weighted by atomic mass is 16.5. The maximum atomic E-state index is 12.5. The Balaban J connectivity index is 1.60. The number of benzene rings is 2. The Hall–Kier alpha value is -3.61. The number of ether oxygens (including phenoxy) is 1. The number of carbonyl (C=O) groups excluding carboxylic acids is 2. The summed E-state index contributed by atoms with van der Waals surface area (Å²) in [6.45, 7) is -0.0788. The van der Waals surface area contributed by atoms with Gasteiger partial charge in [0.05, 0.1) is 19.3 Å². The second-order valence-electron chi connectivity index (χ2n) is 5.97. The fraction of sp³-hybridized carbons (Fsp3) is 0.150. The fourth-order valence-electron chi connectivity index (χ4n) is 2.56. The maximum absolute atomic E-state index is 12.5. The molecule has 0 aliphatic rings. The van der Waals surface area contributed by atoms with Crippen molar-refractivity contribution in [2.75, 3.05) is 26.0 Å². The monoisotopic (exact) mass is 364 g/mol. The van der Waals surface area contributed by atoms with Crippen LogP contribution in [-0.4, -0.2) is 47.6 Å². The number of H-pyrrole nitrogens is 1. The highest BCUT2D eigenvalue weighted by molar-refractivity contribution is 5.98. The minimum Gasteiger partial charge on any atom is -0.497 e. The van der Waals surface area contributed by atoms with Crippen molar-refractivity contribution in [1.29, 1.82) is 0 Å². The number of anilines is 1. The first kappa shape index (κ1) is 18.2. The molecule has 0 spiro atoms. The van der Waals surface area contributed by atoms with Crippen LogP contribution in [0.15, 0.2) is 60.7 Å². The molecule has 0 radical (unpaired) electrons. The number of amides is 2. The van der Waals surface area contributed by atoms with Crippen LogP contribution in [0.5, 0.6) is 5.75 Å². The van der Waals surface area contributed by atoms with Gasteiger partial charge in [-0.1, -0.05) is 30.3 Å². The summed E-state index contributed by atoms with van der Waals surface area (Å²) in [6.07, 6.45) is 0. The lowest BCUT2D eigenvalue weighted by Crippen LogP contribution is -2.35. The summed E-state index contributed by atoms with van der Waals surface area (Å²) in [4.78, 5) is 26.0. The molecule has 0 saturated carbocycles. The molecule has 0 atom stereocenters. The third kappa shape index (κ3) is 4.52. The highest BCUT2D eigenvalue weighted by Crippen LogP contribution is 2.18. The summed E-state index contributed by atoms with van der Waals surface area (Å²) >= 11 is 0. The van der Waals surface area contributed by atoms with Crippen LogP contribution in [0.4, 0.5) is 5.69 Å². The van der Waals surface area contributed by atoms with Crippen molar-refractivity contribution in [1.82, 2.24) is 15.1 Å². The molecular weight excluding hydrogens is 344 g/mol. The van der Waals surface area contributed by atoms with Gasteiger partial charge in [-0.2, -0.15) is 5.10 Å². The van der Waals surface area contributed by atoms with Gasteiger partial charge in [-0.3, -0.25) is 14.7 Å². The van der Waals surface area contributed by atoms with Crippen molar-refractivity contribution < 1.29 is 14.3 Å². The van der Waals surface area contributed by atoms with E-state index in [4.69, 9.17) is 4.74 Å². The second kappa shape index (κ2) is 8.18. The molecular formula is C20H20N4O3. The van der Waals surface area contributed by atoms with E-state index in [1.165, 1.54) is 4.90 Å². The maximum Gasteiger partial charge on any atom is 0.272 e. The number of methoxy groups -OCH3 is 1. The third-order valence-corrected chi connectivity index (χ3v) is 3.98. The zero-order chi connectivity index (χ0) is 19.2. The Morgan fingerprint density at radius 1 is 1.11 bits per heavy atom. The molecule has 0 saturated heterocycles. The summed E-state index contributed by atoms with van der Waals surface area (Å²) in [6, 6.07) is 18.2. The van der Waals surface area contributed by atoms with Crippen molar-refractivity contribution >= 4 is 17.5 Å². The van der Waals surface area contributed by atoms with Crippen molar-refractivity contribution in [2.24, 2.45) is 0 Å². The van der Waals surface area contributed by atoms with Gasteiger partial charge in [-0.25, -0.2) is 0 Å². The van der Waals surface area contributed by atoms with E-state index in [0.29, 0.717) is 22.8 Å². The number of hydrogen-bond donors (Lipinski definition) is 2. The van der Waals surface area contributed by atoms with Crippen LogP contribution in [0.2, 0.25) is 0 Å². The number of likely N-dealkylation sites (N-methyl/N-ethyl adjacent to an activating group) is 1. The van der Waals surface area contributed by atoms with Crippen LogP contribution < -0.4 is 10.1 Å². The van der Waals surface area contributed by atoms with Gasteiger partial charge in [0, 0.05) is 18.3 Å². The Morgan fingerprint density at radius 2 is 1.81 bits per heavy atom. The van der Waals surface area contributed by atoms with Gasteiger partial charge in [0.15, 0.2) is 0 Å². The topological polar surface area (TPSA) is 87.3 Å². The van der Waals surface area contributed by atoms with Gasteiger partial charge in [0.2, 0.25) is 5.91 Å². The minimum absolute atomic E-state index is 0.0788. The van der Waals surface area contributed by atoms with Crippen molar-refractivity contribution in [3.63, 3.8) is 0 Å². The second-order valence-corrected chi connectivity index (χ2v) is 5.97. The third-order valence-electron chi connectivity index (χ3n) is 3.98. The largest absolute Gasteiger partial charge is 0.497 e. The lowest BCUT2D eigenvalue weighted by molar-refractivity contribution is -0.116. The number of hydrogen-bond acceptors (Lipinski definition) is 4. The summed E-state index contributed by atoms with van der Waals surface area (Å²) in [5, 5.41) is 9.65. The number of aromatic amines is 1. The Labute approximate surface area is 157 Å². The normalized spacial score (nSPS) is 10.3. The van der Waals surface area contributed by atoms with Gasteiger partial charge in [0.1, 0.15) is 11.4 Å². The van der Waals surface area contributed by atoms with E-state index >= 15 is 0 Å². The van der Waals surface area contributed by atoms with E-state index in [0.717, 1.165) is 5.56 Å². The molecule has 27 heavy (non-hydrogen) atoms. The minimum atomic E-state index is -0.311. The first-order valence-corrected chi connectivity index (χ1v) is 8.37. The van der Waals surface area contributed by atoms with E-state index < -0.39 is 0 Å². The van der Waals surface area contributed by atoms with E-state index in [1.807, 2.05) is 30.3 Å². The van der Waals surface area contributed by atoms with Crippen LogP contribution in [0.25, 0.3) is 11.3 Å². The smallest absolute Gasteiger partial charge is 0.272 e. The quantitative estimate of drug-likeness (QED) is 0.704. The van der Waals surface area contributed by atoms with E-state index in [2.05, 4.69) is 15.5 Å². The van der Waals surface area contributed by atoms with E-state index in [-0.39, 0.29) is 18.4 Å². The lowest BCUT2D eigenvalue weighted by atomic mass is 10.1. The molecule has 7 nitrogen and oxygen atoms in total. The molecule has 2 aromatic carbocycles. The average molecular weight is 364 g/mol. The summed E-state index contributed by atoms with van der Waals surface area (Å²) in [5.41, 5.74) is 2.55. The van der Waals surface area contributed by atoms with E-state index in [9.17, 15) is 9.59 Å². The van der Waals surface area contributed by atoms with Crippen LogP contribution in [0.3, 0.4) is 0 Å². The Bertz CT molecular complexity index is 920. The average Bonchev–Trinajstić information content (AvgIpc) is 3.18. The summed E-state index contributed by atoms with van der Waals surface area (Å²) < 4.78 is 5.08. The van der Waals surface area contributed by atoms with Crippen LogP contribution in [0.1, 0.15) is 10.5 Å². The molecule has 0 aliphatic carbocycles. The van der Waals surface area contributed by atoms with Gasteiger partial charge < -0.3 is 15.0 Å². The molecule has 1 heterocycles. The summed E-state index contributed by atoms with van der Waals surface area (Å²) in [7, 11) is 3.14. The zero-order valence-electron chi connectivity index (χ0n) is 15.1. The molecule has 0 unspecified atom stereocenters. The zero-order valence-corrected chi connectivity index (χ0v) is 15.1. The predicted molar refractivity (Wildman–Crippen MR) is 103 cm³/mol. The predicted octanol–water partition coefficient (Wildman–Crippen LogP) is 2.80. The van der Waals surface area contributed by atoms with Crippen LogP contribution >= 0.6 is 0 Å². The number of nitrogens with zero attached hydrogens (tertiary/aromatic N) is 2. The first-order valence-electron chi connectivity index (χ1n) is 8.37. The lowest BCUT2D eigenvalue weighted by Gasteiger charge is -2.15. The molecule has 3 rings (SSSR count). The van der Waals surface area contributed by atoms with Crippen LogP contribution in [0, 0.1) is 0 Å². The molecule has 138 valence electrons. The van der Waals surface area contributed by atoms with Crippen molar-refractivity contribution in [3.8, 4) is 17.0 Å². The van der Waals surface area contributed by atoms with Crippen LogP contribution in [-0.2, 0) is 4.79 Å². The first-order chi connectivity index (χ1) is 13.1. The van der Waals surface area contributed by atoms with E-state index in [1.54, 1.807) is 44.5 Å². The molecule has 0 aliphatic heterocycles. The molecule has 0 fully saturated rings. The number of aromatic nitrogens is 2. The standard InChI is InChI=1S/C20H20N4O3/c1-24(13-19(25)21-15-8-10-16(27-2)11-9-15)20(26)18-12-17(22-23-18)14-6-4-3-5-7-14/h3-12H,13H2,1-2H3,(H,21,25)(H,22,23). The van der Waals surface area contributed by atoms with Crippen molar-refractivity contribution in [2.45, 2.75) is 0 Å². The molecule has 7 heteroatoms. The SMILES string of the molecule is COc1ccc(NC(=O)CN(C)C(=O)c2cc(-c3ccccc3)n[nH]2)cc1.